The minimum absolute atomic E-state index is 0.136. The molecular weight excluding hydrogens is 478 g/mol. The molecule has 38 heavy (non-hydrogen) atoms. The lowest BCUT2D eigenvalue weighted by molar-refractivity contribution is -0.140. The number of Topliss-reactive ketones (excluding diaryl/α,β-unsaturated/α-hetero) is 2. The Balaban J connectivity index is 1.08. The predicted molar refractivity (Wildman–Crippen MR) is 148 cm³/mol. The van der Waals surface area contributed by atoms with Gasteiger partial charge in [0.25, 0.3) is 0 Å². The highest BCUT2D eigenvalue weighted by molar-refractivity contribution is 5.97. The van der Waals surface area contributed by atoms with Crippen molar-refractivity contribution in [1.29, 1.82) is 0 Å². The lowest BCUT2D eigenvalue weighted by Crippen LogP contribution is -2.66. The Morgan fingerprint density at radius 2 is 1.84 bits per heavy atom. The summed E-state index contributed by atoms with van der Waals surface area (Å²) in [6, 6.07) is 8.89. The van der Waals surface area contributed by atoms with E-state index in [0.29, 0.717) is 25.0 Å². The number of hydrogen-bond donors (Lipinski definition) is 2. The van der Waals surface area contributed by atoms with Crippen LogP contribution in [0, 0.1) is 5.41 Å². The largest absolute Gasteiger partial charge is 0.490 e. The fraction of sp³-hybridized carbons (Fsp3) is 0.742. The van der Waals surface area contributed by atoms with Crippen LogP contribution in [-0.2, 0) is 20.9 Å². The third-order valence-corrected chi connectivity index (χ3v) is 9.47. The maximum Gasteiger partial charge on any atom is 0.139 e. The Labute approximate surface area is 228 Å². The van der Waals surface area contributed by atoms with Gasteiger partial charge in [-0.1, -0.05) is 31.9 Å². The number of benzene rings is 1. The van der Waals surface area contributed by atoms with Crippen molar-refractivity contribution in [2.75, 3.05) is 39.4 Å². The van der Waals surface area contributed by atoms with Gasteiger partial charge in [-0.2, -0.15) is 0 Å². The van der Waals surface area contributed by atoms with Crippen molar-refractivity contribution < 1.29 is 19.1 Å². The van der Waals surface area contributed by atoms with Gasteiger partial charge in [0, 0.05) is 81.8 Å². The van der Waals surface area contributed by atoms with Gasteiger partial charge >= 0.3 is 0 Å². The number of rotatable bonds is 9. The highest BCUT2D eigenvalue weighted by atomic mass is 16.5. The summed E-state index contributed by atoms with van der Waals surface area (Å²) in [6.45, 7) is 8.70. The summed E-state index contributed by atoms with van der Waals surface area (Å²) in [5.74, 6) is 1.56. The zero-order chi connectivity index (χ0) is 26.4. The summed E-state index contributed by atoms with van der Waals surface area (Å²) in [7, 11) is 0. The molecule has 5 rings (SSSR count). The van der Waals surface area contributed by atoms with E-state index in [4.69, 9.17) is 9.47 Å². The predicted octanol–water partition coefficient (Wildman–Crippen LogP) is 4.03. The van der Waals surface area contributed by atoms with Crippen LogP contribution in [0.1, 0.15) is 83.1 Å². The molecule has 4 aliphatic rings. The van der Waals surface area contributed by atoms with Crippen molar-refractivity contribution in [1.82, 2.24) is 15.5 Å². The van der Waals surface area contributed by atoms with Crippen LogP contribution in [0.3, 0.4) is 0 Å². The van der Waals surface area contributed by atoms with Crippen molar-refractivity contribution >= 4 is 11.6 Å². The average molecular weight is 526 g/mol. The van der Waals surface area contributed by atoms with Crippen molar-refractivity contribution in [2.24, 2.45) is 5.41 Å². The minimum Gasteiger partial charge on any atom is -0.490 e. The second-order valence-corrected chi connectivity index (χ2v) is 12.3. The maximum atomic E-state index is 13.0. The first-order chi connectivity index (χ1) is 18.5. The SMILES string of the molecule is CCCC[C@]1(CC2CNC3(CCN(Cc4ccc(OC5CCOCC5)cc4)CC3)CN2)CC(=O)CCC1=O. The topological polar surface area (TPSA) is 79.9 Å². The summed E-state index contributed by atoms with van der Waals surface area (Å²) in [5, 5.41) is 7.69. The highest BCUT2D eigenvalue weighted by Crippen LogP contribution is 2.41. The van der Waals surface area contributed by atoms with Gasteiger partial charge in [0.1, 0.15) is 23.4 Å². The lowest BCUT2D eigenvalue weighted by atomic mass is 9.65. The fourth-order valence-electron chi connectivity index (χ4n) is 6.95. The van der Waals surface area contributed by atoms with Crippen molar-refractivity contribution in [2.45, 2.75) is 102 Å². The van der Waals surface area contributed by atoms with Crippen LogP contribution < -0.4 is 15.4 Å². The number of carbonyl (C=O) groups excluding carboxylic acids is 2. The van der Waals surface area contributed by atoms with Crippen LogP contribution in [0.15, 0.2) is 24.3 Å². The molecule has 1 saturated carbocycles. The minimum atomic E-state index is -0.441. The summed E-state index contributed by atoms with van der Waals surface area (Å²) >= 11 is 0. The number of unbranched alkanes of at least 4 members (excludes halogenated alkanes) is 1. The highest BCUT2D eigenvalue weighted by Gasteiger charge is 2.45. The van der Waals surface area contributed by atoms with Crippen LogP contribution in [0.2, 0.25) is 0 Å². The molecule has 3 aliphatic heterocycles. The van der Waals surface area contributed by atoms with Gasteiger partial charge in [0.05, 0.1) is 13.2 Å². The molecular formula is C31H47N3O4. The Hall–Kier alpha value is -1.80. The van der Waals surface area contributed by atoms with Gasteiger partial charge in [0.2, 0.25) is 0 Å². The molecule has 2 atom stereocenters. The van der Waals surface area contributed by atoms with Crippen LogP contribution in [0.5, 0.6) is 5.75 Å². The van der Waals surface area contributed by atoms with E-state index < -0.39 is 5.41 Å². The fourth-order valence-corrected chi connectivity index (χ4v) is 6.95. The third kappa shape index (κ3) is 6.85. The second-order valence-electron chi connectivity index (χ2n) is 12.3. The number of hydrogen-bond acceptors (Lipinski definition) is 7. The molecule has 3 saturated heterocycles. The molecule has 3 heterocycles. The van der Waals surface area contributed by atoms with Gasteiger partial charge in [0.15, 0.2) is 0 Å². The third-order valence-electron chi connectivity index (χ3n) is 9.47. The normalized spacial score (nSPS) is 29.0. The first-order valence-corrected chi connectivity index (χ1v) is 15.1. The second kappa shape index (κ2) is 12.6. The molecule has 1 aromatic carbocycles. The summed E-state index contributed by atoms with van der Waals surface area (Å²) < 4.78 is 11.5. The Bertz CT molecular complexity index is 927. The Morgan fingerprint density at radius 1 is 1.08 bits per heavy atom. The van der Waals surface area contributed by atoms with Crippen molar-refractivity contribution in [3.8, 4) is 5.75 Å². The van der Waals surface area contributed by atoms with Crippen LogP contribution >= 0.6 is 0 Å². The van der Waals surface area contributed by atoms with Crippen molar-refractivity contribution in [3.05, 3.63) is 29.8 Å². The molecule has 4 fully saturated rings. The maximum absolute atomic E-state index is 13.0. The monoisotopic (exact) mass is 525 g/mol. The van der Waals surface area contributed by atoms with E-state index in [1.54, 1.807) is 0 Å². The molecule has 1 aromatic rings. The first-order valence-electron chi connectivity index (χ1n) is 15.1. The van der Waals surface area contributed by atoms with E-state index in [-0.39, 0.29) is 23.5 Å². The van der Waals surface area contributed by atoms with E-state index in [2.05, 4.69) is 46.7 Å². The molecule has 0 aromatic heterocycles. The van der Waals surface area contributed by atoms with Crippen LogP contribution in [-0.4, -0.2) is 73.5 Å². The zero-order valence-electron chi connectivity index (χ0n) is 23.3. The molecule has 210 valence electrons. The standard InChI is InChI=1S/C31H47N3O4/c1-2-3-12-30(20-26(35)6-9-29(30)36)19-25-21-33-31(23-32-25)13-15-34(16-14-31)22-24-4-7-27(8-5-24)38-28-10-17-37-18-11-28/h4-5,7-8,25,28,32-33H,2-3,6,9-23H2,1H3/t25?,30-/m0/s1. The van der Waals surface area contributed by atoms with E-state index in [0.717, 1.165) is 103 Å². The molecule has 7 heteroatoms. The Morgan fingerprint density at radius 3 is 2.53 bits per heavy atom. The van der Waals surface area contributed by atoms with Crippen LogP contribution in [0.25, 0.3) is 0 Å². The summed E-state index contributed by atoms with van der Waals surface area (Å²) in [5.41, 5.74) is 1.03. The number of nitrogens with one attached hydrogen (secondary N) is 2. The lowest BCUT2D eigenvalue weighted by Gasteiger charge is -2.48. The molecule has 1 aliphatic carbocycles. The van der Waals surface area contributed by atoms with E-state index in [1.807, 2.05) is 0 Å². The molecule has 0 radical (unpaired) electrons. The Kier molecular flexibility index (Phi) is 9.19. The number of carbonyl (C=O) groups is 2. The smallest absolute Gasteiger partial charge is 0.139 e. The molecule has 7 nitrogen and oxygen atoms in total. The molecule has 0 amide bonds. The number of ether oxygens (including phenoxy) is 2. The first kappa shape index (κ1) is 27.8. The van der Waals surface area contributed by atoms with Gasteiger partial charge in [-0.25, -0.2) is 0 Å². The van der Waals surface area contributed by atoms with Crippen LogP contribution in [0.4, 0.5) is 0 Å². The molecule has 2 N–H and O–H groups in total. The number of likely N-dealkylation sites (tertiary alicyclic amines) is 1. The molecule has 1 unspecified atom stereocenters. The van der Waals surface area contributed by atoms with Gasteiger partial charge < -0.3 is 20.1 Å². The van der Waals surface area contributed by atoms with E-state index in [9.17, 15) is 9.59 Å². The number of nitrogens with zero attached hydrogens (tertiary/aromatic N) is 1. The van der Waals surface area contributed by atoms with E-state index in [1.165, 1.54) is 5.56 Å². The zero-order valence-corrected chi connectivity index (χ0v) is 23.3. The summed E-state index contributed by atoms with van der Waals surface area (Å²) in [4.78, 5) is 27.9. The summed E-state index contributed by atoms with van der Waals surface area (Å²) in [6.07, 6.45) is 9.52. The quantitative estimate of drug-likeness (QED) is 0.504. The van der Waals surface area contributed by atoms with E-state index >= 15 is 0 Å². The van der Waals surface area contributed by atoms with Gasteiger partial charge in [-0.15, -0.1) is 0 Å². The number of piperidine rings is 1. The van der Waals surface area contributed by atoms with Crippen molar-refractivity contribution in [3.63, 3.8) is 0 Å². The molecule has 1 spiro atoms. The number of piperazine rings is 1. The van der Waals surface area contributed by atoms with Gasteiger partial charge in [-0.3, -0.25) is 14.5 Å². The van der Waals surface area contributed by atoms with Gasteiger partial charge in [-0.05, 0) is 43.4 Å². The average Bonchev–Trinajstić information content (AvgIpc) is 2.94. The molecule has 0 bridgehead atoms. The number of ketones is 2.